The summed E-state index contributed by atoms with van der Waals surface area (Å²) in [4.78, 5) is 4.51. The van der Waals surface area contributed by atoms with Gasteiger partial charge in [0.25, 0.3) is 0 Å². The van der Waals surface area contributed by atoms with Gasteiger partial charge >= 0.3 is 6.36 Å². The lowest BCUT2D eigenvalue weighted by atomic mass is 10.1. The van der Waals surface area contributed by atoms with Crippen molar-refractivity contribution in [3.05, 3.63) is 83.7 Å². The van der Waals surface area contributed by atoms with Crippen molar-refractivity contribution in [2.24, 2.45) is 5.10 Å². The molecule has 174 valence electrons. The molecule has 34 heavy (non-hydrogen) atoms. The molecule has 10 heteroatoms. The number of anilines is 1. The second-order valence-electron chi connectivity index (χ2n) is 7.52. The number of hydrogen-bond donors (Lipinski definition) is 2. The Morgan fingerprint density at radius 3 is 2.41 bits per heavy atom. The van der Waals surface area contributed by atoms with E-state index in [1.807, 2.05) is 54.8 Å². The number of rotatable bonds is 5. The van der Waals surface area contributed by atoms with Crippen LogP contribution in [0.15, 0.2) is 72.1 Å². The fourth-order valence-corrected chi connectivity index (χ4v) is 3.53. The molecule has 2 heterocycles. The number of thiocarbonyl (C=S) groups is 1. The van der Waals surface area contributed by atoms with Crippen molar-refractivity contribution in [1.82, 2.24) is 14.8 Å². The van der Waals surface area contributed by atoms with Crippen LogP contribution >= 0.6 is 12.2 Å². The van der Waals surface area contributed by atoms with Crippen LogP contribution in [0.4, 0.5) is 18.9 Å². The molecule has 2 aromatic carbocycles. The highest BCUT2D eigenvalue weighted by atomic mass is 32.1. The van der Waals surface area contributed by atoms with Gasteiger partial charge in [0.2, 0.25) is 0 Å². The minimum absolute atomic E-state index is 0.281. The van der Waals surface area contributed by atoms with Crippen molar-refractivity contribution < 1.29 is 17.9 Å². The Balaban J connectivity index is 1.43. The number of nitrogens with zero attached hydrogens (tertiary/aromatic N) is 3. The molecule has 6 nitrogen and oxygen atoms in total. The van der Waals surface area contributed by atoms with Crippen molar-refractivity contribution >= 4 is 34.9 Å². The number of nitrogens with one attached hydrogen (secondary N) is 2. The van der Waals surface area contributed by atoms with E-state index in [9.17, 15) is 13.2 Å². The molecule has 0 radical (unpaired) electrons. The highest BCUT2D eigenvalue weighted by Gasteiger charge is 2.31. The summed E-state index contributed by atoms with van der Waals surface area (Å²) in [5.41, 5.74) is 8.68. The van der Waals surface area contributed by atoms with Gasteiger partial charge in [0.05, 0.1) is 11.9 Å². The zero-order valence-corrected chi connectivity index (χ0v) is 19.0. The first-order valence-corrected chi connectivity index (χ1v) is 10.6. The summed E-state index contributed by atoms with van der Waals surface area (Å²) < 4.78 is 42.7. The van der Waals surface area contributed by atoms with E-state index in [4.69, 9.17) is 12.2 Å². The maximum atomic E-state index is 12.3. The van der Waals surface area contributed by atoms with Gasteiger partial charge in [-0.3, -0.25) is 5.43 Å². The molecule has 0 aliphatic rings. The quantitative estimate of drug-likeness (QED) is 0.212. The Labute approximate surface area is 199 Å². The van der Waals surface area contributed by atoms with Gasteiger partial charge in [0, 0.05) is 29.2 Å². The molecule has 2 N–H and O–H groups in total. The molecule has 0 aliphatic carbocycles. The number of hydrazone groups is 1. The molecular formula is C24H20F3N5OS. The SMILES string of the molecule is Cc1cccc(C)c1NC(=S)N/N=C/c1ccc2nc(-c3ccc(OC(F)(F)F)cc3)cn2c1. The van der Waals surface area contributed by atoms with E-state index in [2.05, 4.69) is 25.6 Å². The minimum atomic E-state index is -4.73. The number of alkyl halides is 3. The van der Waals surface area contributed by atoms with Crippen LogP contribution in [0.1, 0.15) is 16.7 Å². The van der Waals surface area contributed by atoms with Gasteiger partial charge in [-0.15, -0.1) is 13.2 Å². The lowest BCUT2D eigenvalue weighted by molar-refractivity contribution is -0.274. The third kappa shape index (κ3) is 5.70. The molecule has 0 amide bonds. The highest BCUT2D eigenvalue weighted by Crippen LogP contribution is 2.26. The van der Waals surface area contributed by atoms with E-state index in [-0.39, 0.29) is 5.75 Å². The number of fused-ring (bicyclic) bond motifs is 1. The third-order valence-corrected chi connectivity index (χ3v) is 5.15. The summed E-state index contributed by atoms with van der Waals surface area (Å²) in [5, 5.41) is 7.71. The minimum Gasteiger partial charge on any atom is -0.406 e. The van der Waals surface area contributed by atoms with Gasteiger partial charge in [0.1, 0.15) is 11.4 Å². The number of aryl methyl sites for hydroxylation is 2. The van der Waals surface area contributed by atoms with Gasteiger partial charge in [-0.25, -0.2) is 4.98 Å². The Kier molecular flexibility index (Phi) is 6.51. The number of imidazole rings is 1. The van der Waals surface area contributed by atoms with Crippen molar-refractivity contribution in [3.63, 3.8) is 0 Å². The van der Waals surface area contributed by atoms with Gasteiger partial charge in [-0.1, -0.05) is 18.2 Å². The fraction of sp³-hybridized carbons (Fsp3) is 0.125. The number of aromatic nitrogens is 2. The van der Waals surface area contributed by atoms with Crippen LogP contribution in [-0.2, 0) is 0 Å². The maximum absolute atomic E-state index is 12.3. The fourth-order valence-electron chi connectivity index (χ4n) is 3.37. The predicted molar refractivity (Wildman–Crippen MR) is 130 cm³/mol. The number of pyridine rings is 1. The Morgan fingerprint density at radius 2 is 1.74 bits per heavy atom. The zero-order chi connectivity index (χ0) is 24.3. The average molecular weight is 484 g/mol. The van der Waals surface area contributed by atoms with Gasteiger partial charge in [0.15, 0.2) is 5.11 Å². The number of ether oxygens (including phenoxy) is 1. The summed E-state index contributed by atoms with van der Waals surface area (Å²) in [6, 6.07) is 15.2. The average Bonchev–Trinajstić information content (AvgIpc) is 3.19. The van der Waals surface area contributed by atoms with Crippen molar-refractivity contribution in [1.29, 1.82) is 0 Å². The monoisotopic (exact) mass is 483 g/mol. The first kappa shape index (κ1) is 23.2. The van der Waals surface area contributed by atoms with Crippen LogP contribution in [0.3, 0.4) is 0 Å². The van der Waals surface area contributed by atoms with Crippen LogP contribution in [0.2, 0.25) is 0 Å². The summed E-state index contributed by atoms with van der Waals surface area (Å²) >= 11 is 5.32. The molecule has 0 atom stereocenters. The van der Waals surface area contributed by atoms with E-state index in [0.717, 1.165) is 22.4 Å². The molecule has 0 aliphatic heterocycles. The van der Waals surface area contributed by atoms with E-state index in [1.54, 1.807) is 12.4 Å². The number of benzene rings is 2. The molecule has 0 fully saturated rings. The van der Waals surface area contributed by atoms with Gasteiger partial charge in [-0.05, 0) is 73.6 Å². The summed E-state index contributed by atoms with van der Waals surface area (Å²) in [6.45, 7) is 4.00. The highest BCUT2D eigenvalue weighted by molar-refractivity contribution is 7.80. The third-order valence-electron chi connectivity index (χ3n) is 4.96. The molecule has 4 aromatic rings. The molecular weight excluding hydrogens is 463 g/mol. The van der Waals surface area contributed by atoms with Crippen molar-refractivity contribution in [3.8, 4) is 17.0 Å². The lowest BCUT2D eigenvalue weighted by Crippen LogP contribution is -2.24. The molecule has 0 spiro atoms. The smallest absolute Gasteiger partial charge is 0.406 e. The topological polar surface area (TPSA) is 63.0 Å². The van der Waals surface area contributed by atoms with Crippen molar-refractivity contribution in [2.45, 2.75) is 20.2 Å². The molecule has 4 rings (SSSR count). The van der Waals surface area contributed by atoms with Crippen LogP contribution in [0.25, 0.3) is 16.9 Å². The lowest BCUT2D eigenvalue weighted by Gasteiger charge is -2.12. The largest absolute Gasteiger partial charge is 0.573 e. The number of hydrogen-bond acceptors (Lipinski definition) is 4. The van der Waals surface area contributed by atoms with Gasteiger partial charge in [-0.2, -0.15) is 5.10 Å². The summed E-state index contributed by atoms with van der Waals surface area (Å²) in [6.07, 6.45) is 0.519. The molecule has 0 saturated heterocycles. The Morgan fingerprint density at radius 1 is 1.03 bits per heavy atom. The van der Waals surface area contributed by atoms with Crippen molar-refractivity contribution in [2.75, 3.05) is 5.32 Å². The molecule has 2 aromatic heterocycles. The Hall–Kier alpha value is -3.92. The second kappa shape index (κ2) is 9.52. The summed E-state index contributed by atoms with van der Waals surface area (Å²) in [5.74, 6) is -0.281. The van der Waals surface area contributed by atoms with E-state index >= 15 is 0 Å². The number of halogens is 3. The molecule has 0 unspecified atom stereocenters. The first-order chi connectivity index (χ1) is 16.2. The normalized spacial score (nSPS) is 11.7. The molecule has 0 saturated carbocycles. The van der Waals surface area contributed by atoms with E-state index in [0.29, 0.717) is 22.0 Å². The van der Waals surface area contributed by atoms with E-state index in [1.165, 1.54) is 24.3 Å². The number of para-hydroxylation sites is 1. The maximum Gasteiger partial charge on any atom is 0.573 e. The second-order valence-corrected chi connectivity index (χ2v) is 7.93. The van der Waals surface area contributed by atoms with Gasteiger partial charge < -0.3 is 14.5 Å². The first-order valence-electron chi connectivity index (χ1n) is 10.2. The van der Waals surface area contributed by atoms with Crippen LogP contribution in [-0.4, -0.2) is 27.1 Å². The summed E-state index contributed by atoms with van der Waals surface area (Å²) in [7, 11) is 0. The predicted octanol–water partition coefficient (Wildman–Crippen LogP) is 5.84. The van der Waals surface area contributed by atoms with Crippen LogP contribution in [0.5, 0.6) is 5.75 Å². The van der Waals surface area contributed by atoms with Crippen LogP contribution < -0.4 is 15.5 Å². The zero-order valence-electron chi connectivity index (χ0n) is 18.2. The standard InChI is InChI=1S/C24H20F3N5OS/c1-15-4-3-5-16(2)22(15)30-23(34)31-28-12-17-6-11-21-29-20(14-32(21)13-17)18-7-9-19(10-8-18)33-24(25,26)27/h3-14H,1-2H3,(H2,30,31,34)/b28-12+. The Bertz CT molecular complexity index is 1340. The van der Waals surface area contributed by atoms with E-state index < -0.39 is 6.36 Å². The molecule has 0 bridgehead atoms. The van der Waals surface area contributed by atoms with Crippen LogP contribution in [0, 0.1) is 13.8 Å².